The van der Waals surface area contributed by atoms with Crippen molar-refractivity contribution < 1.29 is 41.4 Å². The van der Waals surface area contributed by atoms with Crippen LogP contribution in [0.3, 0.4) is 0 Å². The number of hydrogen-bond donors (Lipinski definition) is 10. The van der Waals surface area contributed by atoms with Crippen molar-refractivity contribution >= 4 is 123 Å². The summed E-state index contributed by atoms with van der Waals surface area (Å²) >= 11 is 0. The molecule has 30 heteroatoms. The quantitative estimate of drug-likeness (QED) is 0.0317. The normalized spacial score (nSPS) is 12.2. The van der Waals surface area contributed by atoms with Gasteiger partial charge in [0.05, 0.1) is 39.5 Å². The predicted molar refractivity (Wildman–Crippen MR) is 475 cm³/mol. The maximum atomic E-state index is 12.9. The minimum atomic E-state index is -4.43. The van der Waals surface area contributed by atoms with Gasteiger partial charge in [0.25, 0.3) is 23.6 Å². The molecule has 0 saturated heterocycles. The first kappa shape index (κ1) is 82.4. The maximum absolute atomic E-state index is 12.9. The van der Waals surface area contributed by atoms with Crippen molar-refractivity contribution in [2.24, 2.45) is 5.92 Å². The van der Waals surface area contributed by atoms with Gasteiger partial charge in [0, 0.05) is 162 Å². The number of rotatable bonds is 20. The SMILES string of the molecule is C=S(C)(=O)Nc1ccc(NC(=O)c2n[nH]c3ccc(-c4cccnc4)cc23)cc1.CN(C)Cc1cncc(-c2ccc3[nH]nc(C(=O)Nc4ccc(C(F)(F)F)cc4)c3c2)c1.Cc1ccc(Cc2ccc(NC(=O)c3n[nH]c4ccc(-c5cccnc5)cc34)cn2)cc1.O=C(Nc1ccc(NC(=O)C2CC2)cc1)c1n[nH]c2ccc(-c3cccnc3)cc12. The molecule has 0 spiro atoms. The van der Waals surface area contributed by atoms with Crippen molar-refractivity contribution in [1.82, 2.24) is 70.6 Å². The standard InChI is InChI=1S/C26H21N5O.C23H20F3N5O.C23H19N5O2.C21H19N5O2S/c1-17-4-6-18(7-5-17)13-21-9-10-22(16-28-21)29-26(32)25-23-14-19(8-11-24(23)30-31-25)20-3-2-12-27-15-20;1-31(2)13-14-9-16(12-27-11-14)15-3-8-20-19(10-15)21(30-29-20)22(32)28-18-6-4-17(5-7-18)23(24,25)26;29-22(14-3-4-14)25-17-6-8-18(9-7-17)26-23(30)21-19-12-15(5-10-20(19)27-28-21)16-2-1-11-24-13-16;1-29(2,28)26-17-8-6-16(7-9-17)23-21(27)20-18-12-14(5-10-19(18)24-25-20)15-4-3-11-22-13-15/h2-12,14-16H,13H2,1H3,(H,29,32)(H,30,31);3-12H,13H2,1-2H3,(H,28,32)(H,29,30);1-2,5-14H,3-4H2,(H,25,29)(H,26,30)(H,27,28);3-13H,1H2,2H3,(H,23,27)(H,24,25)(H,26,28). The molecule has 26 nitrogen and oxygen atoms in total. The Morgan fingerprint density at radius 2 is 0.797 bits per heavy atom. The molecule has 5 amide bonds. The molecule has 9 aromatic heterocycles. The number of carbonyl (C=O) groups excluding carboxylic acids is 5. The van der Waals surface area contributed by atoms with Crippen LogP contribution < -0.4 is 31.3 Å². The van der Waals surface area contributed by atoms with Gasteiger partial charge in [0.1, 0.15) is 0 Å². The Hall–Kier alpha value is -15.7. The first-order valence-electron chi connectivity index (χ1n) is 38.7. The average Bonchev–Trinajstić information content (AvgIpc) is 1.69. The summed E-state index contributed by atoms with van der Waals surface area (Å²) in [6, 6.07) is 67.0. The fourth-order valence-corrected chi connectivity index (χ4v) is 13.9. The predicted octanol–water partition coefficient (Wildman–Crippen LogP) is 17.9. The van der Waals surface area contributed by atoms with Crippen LogP contribution in [0.4, 0.5) is 47.3 Å². The van der Waals surface area contributed by atoms with Crippen molar-refractivity contribution in [3.05, 3.63) is 331 Å². The Morgan fingerprint density at radius 3 is 1.16 bits per heavy atom. The lowest BCUT2D eigenvalue weighted by molar-refractivity contribution is -0.137. The topological polar surface area (TPSA) is 357 Å². The second-order valence-electron chi connectivity index (χ2n) is 29.5. The molecule has 8 aromatic carbocycles. The Kier molecular flexibility index (Phi) is 24.6. The number of anilines is 6. The highest BCUT2D eigenvalue weighted by atomic mass is 32.2. The van der Waals surface area contributed by atoms with Gasteiger partial charge in [-0.3, -0.25) is 69.3 Å². The zero-order chi connectivity index (χ0) is 85.7. The summed E-state index contributed by atoms with van der Waals surface area (Å²) in [6.45, 7) is 2.82. The number of alkyl halides is 3. The maximum Gasteiger partial charge on any atom is 0.416 e. The molecule has 1 saturated carbocycles. The number of aromatic amines is 4. The zero-order valence-electron chi connectivity index (χ0n) is 66.6. The third-order valence-electron chi connectivity index (χ3n) is 19.6. The highest BCUT2D eigenvalue weighted by Crippen LogP contribution is 2.35. The number of aryl methyl sites for hydroxylation is 1. The number of pyridine rings is 5. The number of carbonyl (C=O) groups is 5. The van der Waals surface area contributed by atoms with Crippen LogP contribution in [-0.4, -0.2) is 131 Å². The van der Waals surface area contributed by atoms with Crippen molar-refractivity contribution in [3.8, 4) is 44.5 Å². The van der Waals surface area contributed by atoms with E-state index in [2.05, 4.69) is 134 Å². The van der Waals surface area contributed by atoms with E-state index in [0.717, 1.165) is 132 Å². The van der Waals surface area contributed by atoms with E-state index in [1.807, 2.05) is 153 Å². The molecule has 1 fully saturated rings. The summed E-state index contributed by atoms with van der Waals surface area (Å²) in [4.78, 5) is 86.4. The second-order valence-corrected chi connectivity index (χ2v) is 31.7. The van der Waals surface area contributed by atoms with Gasteiger partial charge >= 0.3 is 6.18 Å². The number of nitrogens with zero attached hydrogens (tertiary/aromatic N) is 10. The van der Waals surface area contributed by atoms with E-state index in [9.17, 15) is 41.4 Å². The van der Waals surface area contributed by atoms with E-state index >= 15 is 0 Å². The lowest BCUT2D eigenvalue weighted by Crippen LogP contribution is -2.14. The smallest absolute Gasteiger partial charge is 0.326 e. The Bertz CT molecular complexity index is 6790. The molecule has 10 N–H and O–H groups in total. The largest absolute Gasteiger partial charge is 0.416 e. The molecule has 1 aliphatic rings. The minimum absolute atomic E-state index is 0.0548. The monoisotopic (exact) mass is 1660 g/mol. The second kappa shape index (κ2) is 36.7. The van der Waals surface area contributed by atoms with Crippen molar-refractivity contribution in [2.75, 3.05) is 51.7 Å². The number of amides is 5. The molecule has 0 bridgehead atoms. The molecular formula is C93H79F3N20O6S. The number of benzene rings is 8. The lowest BCUT2D eigenvalue weighted by atomic mass is 10.0. The summed E-state index contributed by atoms with van der Waals surface area (Å²) in [5, 5.41) is 45.2. The van der Waals surface area contributed by atoms with Crippen LogP contribution in [0, 0.1) is 12.8 Å². The van der Waals surface area contributed by atoms with Crippen LogP contribution in [0.5, 0.6) is 0 Å². The number of hydrogen-bond acceptors (Lipinski definition) is 16. The molecule has 123 heavy (non-hydrogen) atoms. The molecule has 614 valence electrons. The lowest BCUT2D eigenvalue weighted by Gasteiger charge is -2.10. The Morgan fingerprint density at radius 1 is 0.423 bits per heavy atom. The van der Waals surface area contributed by atoms with Gasteiger partial charge in [0.15, 0.2) is 22.8 Å². The number of halogens is 3. The van der Waals surface area contributed by atoms with Gasteiger partial charge in [-0.25, -0.2) is 4.21 Å². The van der Waals surface area contributed by atoms with Gasteiger partial charge in [-0.15, -0.1) is 0 Å². The van der Waals surface area contributed by atoms with E-state index in [1.165, 1.54) is 29.5 Å². The zero-order valence-corrected chi connectivity index (χ0v) is 67.5. The third kappa shape index (κ3) is 21.1. The van der Waals surface area contributed by atoms with Gasteiger partial charge in [-0.1, -0.05) is 72.3 Å². The number of H-pyrrole nitrogens is 4. The molecule has 1 atom stereocenters. The fourth-order valence-electron chi connectivity index (χ4n) is 13.3. The van der Waals surface area contributed by atoms with Crippen LogP contribution in [0.25, 0.3) is 88.1 Å². The Labute approximate surface area is 702 Å². The van der Waals surface area contributed by atoms with Gasteiger partial charge in [-0.05, 0) is 231 Å². The molecule has 9 heterocycles. The highest BCUT2D eigenvalue weighted by molar-refractivity contribution is 8.00. The van der Waals surface area contributed by atoms with Gasteiger partial charge in [0.2, 0.25) is 5.91 Å². The summed E-state index contributed by atoms with van der Waals surface area (Å²) in [5.74, 6) is 2.33. The number of fused-ring (bicyclic) bond motifs is 4. The van der Waals surface area contributed by atoms with Crippen molar-refractivity contribution in [3.63, 3.8) is 0 Å². The van der Waals surface area contributed by atoms with E-state index in [1.54, 1.807) is 98.1 Å². The number of nitrogens with one attached hydrogen (secondary N) is 10. The summed E-state index contributed by atoms with van der Waals surface area (Å²) in [5.41, 5.74) is 18.9. The summed E-state index contributed by atoms with van der Waals surface area (Å²) < 4.78 is 52.7. The van der Waals surface area contributed by atoms with Gasteiger partial charge < -0.3 is 36.2 Å². The van der Waals surface area contributed by atoms with E-state index in [4.69, 9.17) is 0 Å². The van der Waals surface area contributed by atoms with Crippen molar-refractivity contribution in [2.45, 2.75) is 38.9 Å². The molecule has 1 aliphatic carbocycles. The van der Waals surface area contributed by atoms with Crippen LogP contribution in [0.2, 0.25) is 0 Å². The van der Waals surface area contributed by atoms with Crippen LogP contribution in [0.15, 0.2) is 280 Å². The molecule has 18 rings (SSSR count). The fraction of sp³-hybridized carbons (Fsp3) is 0.108. The molecule has 0 aliphatic heterocycles. The number of aromatic nitrogens is 13. The van der Waals surface area contributed by atoms with Crippen LogP contribution in [-0.2, 0) is 33.6 Å². The molecule has 1 unspecified atom stereocenters. The van der Waals surface area contributed by atoms with E-state index in [-0.39, 0.29) is 40.9 Å². The third-order valence-corrected chi connectivity index (χ3v) is 20.3. The first-order chi connectivity index (χ1) is 59.4. The average molecular weight is 1660 g/mol. The van der Waals surface area contributed by atoms with E-state index < -0.39 is 27.4 Å². The van der Waals surface area contributed by atoms with Gasteiger partial charge in [-0.2, -0.15) is 33.6 Å². The highest BCUT2D eigenvalue weighted by Gasteiger charge is 2.31. The first-order valence-corrected chi connectivity index (χ1v) is 40.8. The molecule has 0 radical (unpaired) electrons. The minimum Gasteiger partial charge on any atom is -0.326 e. The summed E-state index contributed by atoms with van der Waals surface area (Å²) in [7, 11) is 1.60. The van der Waals surface area contributed by atoms with Crippen LogP contribution in [0.1, 0.15) is 82.7 Å². The van der Waals surface area contributed by atoms with Crippen molar-refractivity contribution in [1.29, 1.82) is 0 Å². The van der Waals surface area contributed by atoms with Crippen LogP contribution >= 0.6 is 0 Å². The molecular weight excluding hydrogens is 1580 g/mol. The van der Waals surface area contributed by atoms with E-state index in [0.29, 0.717) is 50.7 Å². The summed E-state index contributed by atoms with van der Waals surface area (Å²) in [6.07, 6.45) is 15.5. The molecule has 17 aromatic rings. The Balaban J connectivity index is 0.000000127.